The zero-order chi connectivity index (χ0) is 10.6. The maximum absolute atomic E-state index is 13.1. The molecule has 1 aromatic carbocycles. The van der Waals surface area contributed by atoms with Crippen LogP contribution in [0.3, 0.4) is 0 Å². The fraction of sp³-hybridized carbons (Fsp3) is 0.200. The first-order chi connectivity index (χ1) is 6.69. The topological polar surface area (TPSA) is 35.2 Å². The smallest absolute Gasteiger partial charge is 0.136 e. The lowest BCUT2D eigenvalue weighted by Gasteiger charge is -2.06. The van der Waals surface area contributed by atoms with E-state index in [1.807, 2.05) is 0 Å². The van der Waals surface area contributed by atoms with E-state index in [0.717, 1.165) is 4.47 Å². The largest absolute Gasteiger partial charge is 0.495 e. The number of rotatable bonds is 3. The summed E-state index contributed by atoms with van der Waals surface area (Å²) in [6.07, 6.45) is 3.49. The van der Waals surface area contributed by atoms with E-state index in [1.54, 1.807) is 12.2 Å². The molecule has 2 nitrogen and oxygen atoms in total. The van der Waals surface area contributed by atoms with Crippen molar-refractivity contribution >= 4 is 22.0 Å². The number of nitrogens with two attached hydrogens (primary N) is 1. The first kappa shape index (κ1) is 11.2. The van der Waals surface area contributed by atoms with E-state index in [4.69, 9.17) is 10.5 Å². The van der Waals surface area contributed by atoms with Gasteiger partial charge in [0.2, 0.25) is 0 Å². The SMILES string of the molecule is COc1cc(F)cc(/C=C/CN)c1Br. The number of benzene rings is 1. The normalized spacial score (nSPS) is 10.9. The number of hydrogen-bond donors (Lipinski definition) is 1. The minimum Gasteiger partial charge on any atom is -0.495 e. The van der Waals surface area contributed by atoms with E-state index in [2.05, 4.69) is 15.9 Å². The van der Waals surface area contributed by atoms with Gasteiger partial charge in [-0.3, -0.25) is 0 Å². The van der Waals surface area contributed by atoms with Gasteiger partial charge in [-0.05, 0) is 27.6 Å². The Bertz CT molecular complexity index is 352. The molecule has 0 amide bonds. The highest BCUT2D eigenvalue weighted by Crippen LogP contribution is 2.30. The van der Waals surface area contributed by atoms with Gasteiger partial charge in [-0.1, -0.05) is 12.2 Å². The average molecular weight is 260 g/mol. The summed E-state index contributed by atoms with van der Waals surface area (Å²) in [5.74, 6) is 0.142. The molecule has 0 bridgehead atoms. The molecule has 1 aromatic rings. The van der Waals surface area contributed by atoms with Crippen LogP contribution in [0.4, 0.5) is 4.39 Å². The quantitative estimate of drug-likeness (QED) is 0.906. The summed E-state index contributed by atoms with van der Waals surface area (Å²) in [6, 6.07) is 2.74. The zero-order valence-corrected chi connectivity index (χ0v) is 9.34. The van der Waals surface area contributed by atoms with Crippen LogP contribution in [0.25, 0.3) is 6.08 Å². The predicted molar refractivity (Wildman–Crippen MR) is 58.7 cm³/mol. The van der Waals surface area contributed by atoms with Crippen LogP contribution in [-0.2, 0) is 0 Å². The molecule has 0 aliphatic heterocycles. The Morgan fingerprint density at radius 3 is 2.86 bits per heavy atom. The van der Waals surface area contributed by atoms with Gasteiger partial charge >= 0.3 is 0 Å². The fourth-order valence-electron chi connectivity index (χ4n) is 1.05. The maximum atomic E-state index is 13.1. The highest BCUT2D eigenvalue weighted by Gasteiger charge is 2.06. The molecule has 2 N–H and O–H groups in total. The Balaban J connectivity index is 3.15. The van der Waals surface area contributed by atoms with Crippen molar-refractivity contribution in [1.82, 2.24) is 0 Å². The van der Waals surface area contributed by atoms with Crippen molar-refractivity contribution < 1.29 is 9.13 Å². The monoisotopic (exact) mass is 259 g/mol. The summed E-state index contributed by atoms with van der Waals surface area (Å²) >= 11 is 3.32. The molecule has 14 heavy (non-hydrogen) atoms. The van der Waals surface area contributed by atoms with Gasteiger partial charge in [-0.2, -0.15) is 0 Å². The van der Waals surface area contributed by atoms with Gasteiger partial charge in [-0.15, -0.1) is 0 Å². The molecular formula is C10H11BrFNO. The van der Waals surface area contributed by atoms with Crippen molar-refractivity contribution in [2.24, 2.45) is 5.73 Å². The van der Waals surface area contributed by atoms with E-state index >= 15 is 0 Å². The van der Waals surface area contributed by atoms with Gasteiger partial charge in [0, 0.05) is 12.6 Å². The number of methoxy groups -OCH3 is 1. The second kappa shape index (κ2) is 5.12. The third-order valence-corrected chi connectivity index (χ3v) is 2.53. The summed E-state index contributed by atoms with van der Waals surface area (Å²) in [6.45, 7) is 0.422. The van der Waals surface area contributed by atoms with Crippen molar-refractivity contribution in [2.75, 3.05) is 13.7 Å². The molecule has 0 atom stereocenters. The van der Waals surface area contributed by atoms with Gasteiger partial charge in [0.1, 0.15) is 11.6 Å². The molecule has 0 radical (unpaired) electrons. The molecular weight excluding hydrogens is 249 g/mol. The van der Waals surface area contributed by atoms with Crippen LogP contribution in [0.5, 0.6) is 5.75 Å². The molecule has 76 valence electrons. The summed E-state index contributed by atoms with van der Waals surface area (Å²) in [5.41, 5.74) is 6.02. The van der Waals surface area contributed by atoms with Crippen molar-refractivity contribution in [3.05, 3.63) is 34.1 Å². The lowest BCUT2D eigenvalue weighted by Crippen LogP contribution is -1.93. The van der Waals surface area contributed by atoms with Crippen LogP contribution in [0.15, 0.2) is 22.7 Å². The van der Waals surface area contributed by atoms with Crippen molar-refractivity contribution in [2.45, 2.75) is 0 Å². The van der Waals surface area contributed by atoms with Gasteiger partial charge in [0.15, 0.2) is 0 Å². The average Bonchev–Trinajstić information content (AvgIpc) is 2.18. The first-order valence-electron chi connectivity index (χ1n) is 4.08. The van der Waals surface area contributed by atoms with Gasteiger partial charge < -0.3 is 10.5 Å². The highest BCUT2D eigenvalue weighted by molar-refractivity contribution is 9.10. The highest BCUT2D eigenvalue weighted by atomic mass is 79.9. The van der Waals surface area contributed by atoms with Crippen LogP contribution in [0.1, 0.15) is 5.56 Å². The van der Waals surface area contributed by atoms with Gasteiger partial charge in [-0.25, -0.2) is 4.39 Å². The molecule has 0 spiro atoms. The van der Waals surface area contributed by atoms with E-state index in [9.17, 15) is 4.39 Å². The molecule has 0 fully saturated rings. The van der Waals surface area contributed by atoms with Crippen LogP contribution < -0.4 is 10.5 Å². The van der Waals surface area contributed by atoms with E-state index in [-0.39, 0.29) is 5.82 Å². The molecule has 4 heteroatoms. The zero-order valence-electron chi connectivity index (χ0n) is 7.76. The summed E-state index contributed by atoms with van der Waals surface area (Å²) in [4.78, 5) is 0. The van der Waals surface area contributed by atoms with Crippen LogP contribution in [0, 0.1) is 5.82 Å². The number of ether oxygens (including phenoxy) is 1. The first-order valence-corrected chi connectivity index (χ1v) is 4.88. The second-order valence-electron chi connectivity index (χ2n) is 2.65. The van der Waals surface area contributed by atoms with Crippen molar-refractivity contribution in [3.8, 4) is 5.75 Å². The Kier molecular flexibility index (Phi) is 4.10. The van der Waals surface area contributed by atoms with Gasteiger partial charge in [0.05, 0.1) is 11.6 Å². The van der Waals surface area contributed by atoms with E-state index < -0.39 is 0 Å². The molecule has 0 aromatic heterocycles. The third-order valence-electron chi connectivity index (χ3n) is 1.69. The third kappa shape index (κ3) is 2.56. The molecule has 0 saturated carbocycles. The molecule has 0 aliphatic carbocycles. The molecule has 1 rings (SSSR count). The van der Waals surface area contributed by atoms with E-state index in [0.29, 0.717) is 17.9 Å². The molecule has 0 heterocycles. The lowest BCUT2D eigenvalue weighted by molar-refractivity contribution is 0.408. The summed E-state index contributed by atoms with van der Waals surface area (Å²) in [5, 5.41) is 0. The van der Waals surface area contributed by atoms with Crippen LogP contribution in [-0.4, -0.2) is 13.7 Å². The van der Waals surface area contributed by atoms with E-state index in [1.165, 1.54) is 19.2 Å². The Morgan fingerprint density at radius 1 is 1.57 bits per heavy atom. The minimum absolute atomic E-state index is 0.332. The fourth-order valence-corrected chi connectivity index (χ4v) is 1.57. The van der Waals surface area contributed by atoms with Crippen LogP contribution >= 0.6 is 15.9 Å². The summed E-state index contributed by atoms with van der Waals surface area (Å²) < 4.78 is 18.8. The Labute approximate surface area is 90.7 Å². The van der Waals surface area contributed by atoms with Crippen molar-refractivity contribution in [3.63, 3.8) is 0 Å². The Morgan fingerprint density at radius 2 is 2.29 bits per heavy atom. The predicted octanol–water partition coefficient (Wildman–Crippen LogP) is 2.57. The van der Waals surface area contributed by atoms with Crippen LogP contribution in [0.2, 0.25) is 0 Å². The van der Waals surface area contributed by atoms with Crippen molar-refractivity contribution in [1.29, 1.82) is 0 Å². The number of halogens is 2. The molecule has 0 aliphatic rings. The standard InChI is InChI=1S/C10H11BrFNO/c1-14-9-6-8(12)5-7(10(9)11)3-2-4-13/h2-3,5-6H,4,13H2,1H3/b3-2+. The Hall–Kier alpha value is -0.870. The molecule has 0 saturated heterocycles. The second-order valence-corrected chi connectivity index (χ2v) is 3.44. The summed E-state index contributed by atoms with van der Waals surface area (Å²) in [7, 11) is 1.50. The number of hydrogen-bond acceptors (Lipinski definition) is 2. The molecule has 0 unspecified atom stereocenters. The lowest BCUT2D eigenvalue weighted by atomic mass is 10.2. The van der Waals surface area contributed by atoms with Gasteiger partial charge in [0.25, 0.3) is 0 Å². The maximum Gasteiger partial charge on any atom is 0.136 e. The minimum atomic E-state index is -0.332.